The van der Waals surface area contributed by atoms with Crippen molar-refractivity contribution in [3.05, 3.63) is 76.4 Å². The van der Waals surface area contributed by atoms with Crippen molar-refractivity contribution < 1.29 is 28.3 Å². The number of benzene rings is 1. The molecule has 0 saturated carbocycles. The maximum absolute atomic E-state index is 12.0. The number of esters is 1. The Labute approximate surface area is 168 Å². The summed E-state index contributed by atoms with van der Waals surface area (Å²) >= 11 is 1.32. The van der Waals surface area contributed by atoms with E-state index in [1.807, 2.05) is 0 Å². The van der Waals surface area contributed by atoms with Crippen molar-refractivity contribution in [2.24, 2.45) is 0 Å². The summed E-state index contributed by atoms with van der Waals surface area (Å²) in [6.45, 7) is -0.589. The van der Waals surface area contributed by atoms with Gasteiger partial charge >= 0.3 is 11.9 Å². The number of carbonyl (C=O) groups excluding carboxylic acids is 4. The molecule has 10 heteroatoms. The standard InChI is InChI=1S/C19H15N3O6S/c23-16(21-22-17(24)14-3-1-9-27-14)11-28-19(26)12-5-7-13(8-6-12)20-18(25)15-4-2-10-29-15/h1-10H,11H2,(H,20,25)(H,21,23)(H,22,24). The molecule has 0 saturated heterocycles. The van der Waals surface area contributed by atoms with Crippen LogP contribution in [0.25, 0.3) is 0 Å². The highest BCUT2D eigenvalue weighted by Crippen LogP contribution is 2.14. The molecular weight excluding hydrogens is 398 g/mol. The summed E-state index contributed by atoms with van der Waals surface area (Å²) in [6, 6.07) is 12.4. The molecule has 9 nitrogen and oxygen atoms in total. The van der Waals surface area contributed by atoms with Crippen LogP contribution in [0.5, 0.6) is 0 Å². The Morgan fingerprint density at radius 3 is 2.38 bits per heavy atom. The molecule has 3 N–H and O–H groups in total. The van der Waals surface area contributed by atoms with Crippen LogP contribution in [0.4, 0.5) is 5.69 Å². The van der Waals surface area contributed by atoms with E-state index >= 15 is 0 Å². The molecular formula is C19H15N3O6S. The van der Waals surface area contributed by atoms with Gasteiger partial charge in [0.15, 0.2) is 12.4 Å². The molecule has 1 aromatic carbocycles. The molecule has 29 heavy (non-hydrogen) atoms. The van der Waals surface area contributed by atoms with Crippen LogP contribution >= 0.6 is 11.3 Å². The summed E-state index contributed by atoms with van der Waals surface area (Å²) < 4.78 is 9.75. The molecule has 3 aromatic rings. The smallest absolute Gasteiger partial charge is 0.338 e. The second-order valence-electron chi connectivity index (χ2n) is 5.56. The zero-order valence-electron chi connectivity index (χ0n) is 14.8. The molecule has 0 aliphatic carbocycles. The Kier molecular flexibility index (Phi) is 6.38. The van der Waals surface area contributed by atoms with Crippen LogP contribution in [0.3, 0.4) is 0 Å². The van der Waals surface area contributed by atoms with Crippen molar-refractivity contribution in [3.8, 4) is 0 Å². The monoisotopic (exact) mass is 413 g/mol. The van der Waals surface area contributed by atoms with Crippen molar-refractivity contribution in [1.29, 1.82) is 0 Å². The lowest BCUT2D eigenvalue weighted by molar-refractivity contribution is -0.125. The average Bonchev–Trinajstić information content (AvgIpc) is 3.45. The first kappa shape index (κ1) is 19.8. The summed E-state index contributed by atoms with van der Waals surface area (Å²) in [5.41, 5.74) is 4.93. The van der Waals surface area contributed by atoms with Crippen molar-refractivity contribution in [3.63, 3.8) is 0 Å². The minimum Gasteiger partial charge on any atom is -0.459 e. The third-order valence-corrected chi connectivity index (χ3v) is 4.39. The van der Waals surface area contributed by atoms with Gasteiger partial charge < -0.3 is 14.5 Å². The number of nitrogens with one attached hydrogen (secondary N) is 3. The van der Waals surface area contributed by atoms with E-state index in [9.17, 15) is 19.2 Å². The van der Waals surface area contributed by atoms with E-state index < -0.39 is 24.4 Å². The van der Waals surface area contributed by atoms with Crippen LogP contribution in [0.15, 0.2) is 64.6 Å². The molecule has 0 aliphatic rings. The lowest BCUT2D eigenvalue weighted by Gasteiger charge is -2.08. The topological polar surface area (TPSA) is 127 Å². The van der Waals surface area contributed by atoms with Gasteiger partial charge in [-0.15, -0.1) is 11.3 Å². The lowest BCUT2D eigenvalue weighted by atomic mass is 10.2. The number of hydrogen-bond acceptors (Lipinski definition) is 7. The largest absolute Gasteiger partial charge is 0.459 e. The molecule has 0 fully saturated rings. The number of thiophene rings is 1. The Morgan fingerprint density at radius 2 is 1.72 bits per heavy atom. The van der Waals surface area contributed by atoms with Gasteiger partial charge in [0.25, 0.3) is 11.8 Å². The molecule has 3 rings (SSSR count). The van der Waals surface area contributed by atoms with E-state index in [4.69, 9.17) is 9.15 Å². The van der Waals surface area contributed by atoms with E-state index in [1.165, 1.54) is 41.9 Å². The van der Waals surface area contributed by atoms with E-state index in [0.29, 0.717) is 10.6 Å². The van der Waals surface area contributed by atoms with Crippen molar-refractivity contribution >= 4 is 40.7 Å². The number of carbonyl (C=O) groups is 4. The van der Waals surface area contributed by atoms with Crippen molar-refractivity contribution in [2.75, 3.05) is 11.9 Å². The number of furan rings is 1. The maximum atomic E-state index is 12.0. The highest BCUT2D eigenvalue weighted by molar-refractivity contribution is 7.12. The van der Waals surface area contributed by atoms with Crippen LogP contribution in [-0.4, -0.2) is 30.3 Å². The summed E-state index contributed by atoms with van der Waals surface area (Å²) in [5, 5.41) is 4.51. The fourth-order valence-corrected chi connectivity index (χ4v) is 2.76. The van der Waals surface area contributed by atoms with Crippen molar-refractivity contribution in [1.82, 2.24) is 10.9 Å². The van der Waals surface area contributed by atoms with Crippen LogP contribution < -0.4 is 16.2 Å². The molecule has 3 amide bonds. The first-order chi connectivity index (χ1) is 14.0. The first-order valence-corrected chi connectivity index (χ1v) is 9.15. The van der Waals surface area contributed by atoms with Gasteiger partial charge in [-0.25, -0.2) is 4.79 Å². The van der Waals surface area contributed by atoms with Gasteiger partial charge in [-0.1, -0.05) is 6.07 Å². The SMILES string of the molecule is O=C(COC(=O)c1ccc(NC(=O)c2cccs2)cc1)NNC(=O)c1ccco1. The molecule has 0 unspecified atom stereocenters. The number of ether oxygens (including phenoxy) is 1. The second kappa shape index (κ2) is 9.33. The first-order valence-electron chi connectivity index (χ1n) is 8.27. The van der Waals surface area contributed by atoms with Crippen LogP contribution in [0.1, 0.15) is 30.6 Å². The van der Waals surface area contributed by atoms with Gasteiger partial charge in [0.1, 0.15) is 0 Å². The summed E-state index contributed by atoms with van der Waals surface area (Å²) in [7, 11) is 0. The Morgan fingerprint density at radius 1 is 0.931 bits per heavy atom. The lowest BCUT2D eigenvalue weighted by Crippen LogP contribution is -2.43. The highest BCUT2D eigenvalue weighted by atomic mass is 32.1. The third-order valence-electron chi connectivity index (χ3n) is 3.52. The molecule has 2 aromatic heterocycles. The van der Waals surface area contributed by atoms with Gasteiger partial charge in [-0.2, -0.15) is 0 Å². The quantitative estimate of drug-likeness (QED) is 0.420. The van der Waals surface area contributed by atoms with Crippen LogP contribution in [0, 0.1) is 0 Å². The molecule has 0 bridgehead atoms. The Bertz CT molecular complexity index is 997. The van der Waals surface area contributed by atoms with Gasteiger partial charge in [-0.3, -0.25) is 25.2 Å². The normalized spacial score (nSPS) is 10.1. The summed E-state index contributed by atoms with van der Waals surface area (Å²) in [5.74, 6) is -2.32. The molecule has 0 aliphatic heterocycles. The zero-order valence-corrected chi connectivity index (χ0v) is 15.7. The van der Waals surface area contributed by atoms with Gasteiger partial charge in [-0.05, 0) is 47.8 Å². The van der Waals surface area contributed by atoms with Gasteiger partial charge in [0, 0.05) is 5.69 Å². The molecule has 148 valence electrons. The van der Waals surface area contributed by atoms with Crippen molar-refractivity contribution in [2.45, 2.75) is 0 Å². The number of rotatable bonds is 6. The van der Waals surface area contributed by atoms with Crippen LogP contribution in [0.2, 0.25) is 0 Å². The van der Waals surface area contributed by atoms with E-state index in [2.05, 4.69) is 16.2 Å². The van der Waals surface area contributed by atoms with Gasteiger partial charge in [0.2, 0.25) is 0 Å². The van der Waals surface area contributed by atoms with E-state index in [1.54, 1.807) is 29.6 Å². The predicted molar refractivity (Wildman–Crippen MR) is 103 cm³/mol. The number of hydrogen-bond donors (Lipinski definition) is 3. The summed E-state index contributed by atoms with van der Waals surface area (Å²) in [4.78, 5) is 47.8. The second-order valence-corrected chi connectivity index (χ2v) is 6.51. The molecule has 0 spiro atoms. The average molecular weight is 413 g/mol. The third kappa shape index (κ3) is 5.53. The van der Waals surface area contributed by atoms with Crippen LogP contribution in [-0.2, 0) is 9.53 Å². The van der Waals surface area contributed by atoms with E-state index in [0.717, 1.165) is 0 Å². The van der Waals surface area contributed by atoms with E-state index in [-0.39, 0.29) is 17.2 Å². The zero-order chi connectivity index (χ0) is 20.6. The van der Waals surface area contributed by atoms with Gasteiger partial charge in [0.05, 0.1) is 16.7 Å². The number of amides is 3. The number of anilines is 1. The predicted octanol–water partition coefficient (Wildman–Crippen LogP) is 2.21. The Hall–Kier alpha value is -3.92. The summed E-state index contributed by atoms with van der Waals surface area (Å²) in [6.07, 6.45) is 1.32. The minimum absolute atomic E-state index is 0.0218. The number of hydrazine groups is 1. The minimum atomic E-state index is -0.728. The highest BCUT2D eigenvalue weighted by Gasteiger charge is 2.13. The fourth-order valence-electron chi connectivity index (χ4n) is 2.14. The fraction of sp³-hybridized carbons (Fsp3) is 0.0526. The molecule has 0 atom stereocenters. The molecule has 2 heterocycles. The maximum Gasteiger partial charge on any atom is 0.338 e. The Balaban J connectivity index is 1.43. The molecule has 0 radical (unpaired) electrons.